The van der Waals surface area contributed by atoms with Gasteiger partial charge in [0, 0.05) is 20.2 Å². The van der Waals surface area contributed by atoms with Gasteiger partial charge in [0.2, 0.25) is 0 Å². The summed E-state index contributed by atoms with van der Waals surface area (Å²) in [5, 5.41) is 0. The van der Waals surface area contributed by atoms with Gasteiger partial charge in [-0.2, -0.15) is 0 Å². The van der Waals surface area contributed by atoms with Gasteiger partial charge < -0.3 is 4.74 Å². The maximum absolute atomic E-state index is 4.97. The summed E-state index contributed by atoms with van der Waals surface area (Å²) in [6.07, 6.45) is 5.57. The van der Waals surface area contributed by atoms with Crippen LogP contribution < -0.4 is 0 Å². The SMILES string of the molecule is COCN1CC=CCC1. The Labute approximate surface area is 56.1 Å². The lowest BCUT2D eigenvalue weighted by Crippen LogP contribution is -2.28. The summed E-state index contributed by atoms with van der Waals surface area (Å²) in [4.78, 5) is 2.26. The summed E-state index contributed by atoms with van der Waals surface area (Å²) in [6, 6.07) is 0. The van der Waals surface area contributed by atoms with Crippen LogP contribution in [0, 0.1) is 0 Å². The highest BCUT2D eigenvalue weighted by Crippen LogP contribution is 1.99. The molecule has 0 amide bonds. The normalized spacial score (nSPS) is 20.6. The van der Waals surface area contributed by atoms with Crippen LogP contribution in [-0.2, 0) is 4.74 Å². The molecule has 0 atom stereocenters. The lowest BCUT2D eigenvalue weighted by molar-refractivity contribution is 0.0702. The minimum atomic E-state index is 0.768. The third kappa shape index (κ3) is 2.16. The molecule has 0 N–H and O–H groups in total. The third-order valence-electron chi connectivity index (χ3n) is 1.45. The smallest absolute Gasteiger partial charge is 0.0989 e. The molecule has 0 bridgehead atoms. The highest BCUT2D eigenvalue weighted by molar-refractivity contribution is 4.89. The average molecular weight is 127 g/mol. The van der Waals surface area contributed by atoms with Crippen molar-refractivity contribution in [1.82, 2.24) is 4.90 Å². The number of ether oxygens (including phenoxy) is 1. The Kier molecular flexibility index (Phi) is 2.74. The van der Waals surface area contributed by atoms with E-state index in [0.29, 0.717) is 0 Å². The van der Waals surface area contributed by atoms with Gasteiger partial charge in [0.25, 0.3) is 0 Å². The van der Waals surface area contributed by atoms with E-state index in [0.717, 1.165) is 19.8 Å². The molecule has 2 nitrogen and oxygen atoms in total. The fourth-order valence-corrected chi connectivity index (χ4v) is 0.990. The fourth-order valence-electron chi connectivity index (χ4n) is 0.990. The van der Waals surface area contributed by atoms with Crippen LogP contribution in [0.5, 0.6) is 0 Å². The molecule has 0 spiro atoms. The molecule has 0 saturated heterocycles. The maximum Gasteiger partial charge on any atom is 0.0989 e. The van der Waals surface area contributed by atoms with Gasteiger partial charge in [-0.3, -0.25) is 4.90 Å². The molecule has 0 radical (unpaired) electrons. The van der Waals surface area contributed by atoms with Gasteiger partial charge in [0.05, 0.1) is 6.73 Å². The standard InChI is InChI=1S/C7H13NO/c1-9-7-8-5-3-2-4-6-8/h2-3H,4-7H2,1H3. The second kappa shape index (κ2) is 3.64. The van der Waals surface area contributed by atoms with Crippen molar-refractivity contribution < 1.29 is 4.74 Å². The molecular weight excluding hydrogens is 114 g/mol. The number of hydrogen-bond acceptors (Lipinski definition) is 2. The quantitative estimate of drug-likeness (QED) is 0.510. The lowest BCUT2D eigenvalue weighted by atomic mass is 10.3. The van der Waals surface area contributed by atoms with Gasteiger partial charge >= 0.3 is 0 Å². The molecule has 0 fully saturated rings. The van der Waals surface area contributed by atoms with Crippen LogP contribution >= 0.6 is 0 Å². The summed E-state index contributed by atoms with van der Waals surface area (Å²) < 4.78 is 4.97. The molecule has 1 heterocycles. The van der Waals surface area contributed by atoms with Crippen LogP contribution in [0.3, 0.4) is 0 Å². The highest BCUT2D eigenvalue weighted by Gasteiger charge is 2.02. The van der Waals surface area contributed by atoms with Gasteiger partial charge in [-0.05, 0) is 6.42 Å². The number of methoxy groups -OCH3 is 1. The molecule has 52 valence electrons. The van der Waals surface area contributed by atoms with Crippen molar-refractivity contribution in [1.29, 1.82) is 0 Å². The molecule has 9 heavy (non-hydrogen) atoms. The highest BCUT2D eigenvalue weighted by atomic mass is 16.5. The first-order valence-electron chi connectivity index (χ1n) is 3.30. The first kappa shape index (κ1) is 6.78. The van der Waals surface area contributed by atoms with Crippen LogP contribution in [-0.4, -0.2) is 31.8 Å². The van der Waals surface area contributed by atoms with E-state index in [1.54, 1.807) is 7.11 Å². The lowest BCUT2D eigenvalue weighted by Gasteiger charge is -2.21. The van der Waals surface area contributed by atoms with Gasteiger partial charge in [-0.15, -0.1) is 0 Å². The van der Waals surface area contributed by atoms with E-state index < -0.39 is 0 Å². The monoisotopic (exact) mass is 127 g/mol. The Bertz CT molecular complexity index is 101. The largest absolute Gasteiger partial charge is 0.369 e. The molecule has 0 aliphatic carbocycles. The molecule has 2 heteroatoms. The van der Waals surface area contributed by atoms with Crippen molar-refractivity contribution in [2.24, 2.45) is 0 Å². The zero-order valence-electron chi connectivity index (χ0n) is 5.84. The number of rotatable bonds is 2. The average Bonchev–Trinajstić information content (AvgIpc) is 1.91. The molecular formula is C7H13NO. The molecule has 0 saturated carbocycles. The molecule has 0 aromatic heterocycles. The molecule has 0 aromatic rings. The van der Waals surface area contributed by atoms with Crippen LogP contribution in [0.25, 0.3) is 0 Å². The predicted octanol–water partition coefficient (Wildman–Crippen LogP) is 0.852. The van der Waals surface area contributed by atoms with E-state index in [-0.39, 0.29) is 0 Å². The third-order valence-corrected chi connectivity index (χ3v) is 1.45. The molecule has 1 aliphatic heterocycles. The van der Waals surface area contributed by atoms with Crippen LogP contribution in [0.15, 0.2) is 12.2 Å². The Morgan fingerprint density at radius 1 is 1.56 bits per heavy atom. The second-order valence-electron chi connectivity index (χ2n) is 2.25. The van der Waals surface area contributed by atoms with E-state index in [9.17, 15) is 0 Å². The van der Waals surface area contributed by atoms with Crippen LogP contribution in [0.2, 0.25) is 0 Å². The molecule has 1 rings (SSSR count). The van der Waals surface area contributed by atoms with Crippen molar-refractivity contribution in [2.75, 3.05) is 26.9 Å². The summed E-state index contributed by atoms with van der Waals surface area (Å²) in [5.41, 5.74) is 0. The Morgan fingerprint density at radius 2 is 2.44 bits per heavy atom. The minimum Gasteiger partial charge on any atom is -0.369 e. The number of nitrogens with zero attached hydrogens (tertiary/aromatic N) is 1. The van der Waals surface area contributed by atoms with E-state index in [1.165, 1.54) is 6.42 Å². The predicted molar refractivity (Wildman–Crippen MR) is 37.2 cm³/mol. The van der Waals surface area contributed by atoms with Crippen LogP contribution in [0.4, 0.5) is 0 Å². The summed E-state index contributed by atoms with van der Waals surface area (Å²) in [7, 11) is 1.73. The Balaban J connectivity index is 2.18. The van der Waals surface area contributed by atoms with Gasteiger partial charge in [0.1, 0.15) is 0 Å². The topological polar surface area (TPSA) is 12.5 Å². The number of hydrogen-bond donors (Lipinski definition) is 0. The van der Waals surface area contributed by atoms with Crippen LogP contribution in [0.1, 0.15) is 6.42 Å². The summed E-state index contributed by atoms with van der Waals surface area (Å²) >= 11 is 0. The summed E-state index contributed by atoms with van der Waals surface area (Å²) in [5.74, 6) is 0. The van der Waals surface area contributed by atoms with E-state index >= 15 is 0 Å². The van der Waals surface area contributed by atoms with E-state index in [2.05, 4.69) is 17.1 Å². The summed E-state index contributed by atoms with van der Waals surface area (Å²) in [6.45, 7) is 2.96. The van der Waals surface area contributed by atoms with Crippen molar-refractivity contribution >= 4 is 0 Å². The second-order valence-corrected chi connectivity index (χ2v) is 2.25. The van der Waals surface area contributed by atoms with Crippen molar-refractivity contribution in [2.45, 2.75) is 6.42 Å². The van der Waals surface area contributed by atoms with E-state index in [1.807, 2.05) is 0 Å². The van der Waals surface area contributed by atoms with Gasteiger partial charge in [0.15, 0.2) is 0 Å². The first-order valence-corrected chi connectivity index (χ1v) is 3.30. The molecule has 0 unspecified atom stereocenters. The zero-order chi connectivity index (χ0) is 6.53. The zero-order valence-corrected chi connectivity index (χ0v) is 5.84. The van der Waals surface area contributed by atoms with Crippen molar-refractivity contribution in [3.05, 3.63) is 12.2 Å². The minimum absolute atomic E-state index is 0.768. The van der Waals surface area contributed by atoms with Gasteiger partial charge in [-0.25, -0.2) is 0 Å². The first-order chi connectivity index (χ1) is 4.43. The fraction of sp³-hybridized carbons (Fsp3) is 0.714. The maximum atomic E-state index is 4.97. The Morgan fingerprint density at radius 3 is 3.00 bits per heavy atom. The van der Waals surface area contributed by atoms with Crippen molar-refractivity contribution in [3.63, 3.8) is 0 Å². The van der Waals surface area contributed by atoms with E-state index in [4.69, 9.17) is 4.74 Å². The van der Waals surface area contributed by atoms with Crippen molar-refractivity contribution in [3.8, 4) is 0 Å². The Hall–Kier alpha value is -0.340. The van der Waals surface area contributed by atoms with Gasteiger partial charge in [-0.1, -0.05) is 12.2 Å². The molecule has 1 aliphatic rings. The molecule has 0 aromatic carbocycles.